The zero-order valence-electron chi connectivity index (χ0n) is 12.7. The number of carbonyl (C=O) groups is 2. The van der Waals surface area contributed by atoms with E-state index in [0.29, 0.717) is 13.0 Å². The molecule has 0 aromatic rings. The second kappa shape index (κ2) is 6.92. The molecule has 110 valence electrons. The van der Waals surface area contributed by atoms with Gasteiger partial charge in [-0.25, -0.2) is 4.79 Å². The molecule has 1 aliphatic heterocycles. The minimum Gasteiger partial charge on any atom is -0.449 e. The molecule has 0 saturated carbocycles. The van der Waals surface area contributed by atoms with Crippen LogP contribution in [0.15, 0.2) is 0 Å². The minimum absolute atomic E-state index is 0.0390. The minimum atomic E-state index is -0.285. The molecule has 1 amide bonds. The molecule has 1 aliphatic rings. The van der Waals surface area contributed by atoms with Gasteiger partial charge in [-0.15, -0.1) is 0 Å². The average molecular weight is 269 g/mol. The van der Waals surface area contributed by atoms with E-state index < -0.39 is 0 Å². The van der Waals surface area contributed by atoms with Gasteiger partial charge in [0, 0.05) is 30.8 Å². The van der Waals surface area contributed by atoms with Gasteiger partial charge in [0.25, 0.3) is 0 Å². The number of rotatable bonds is 5. The Bertz CT molecular complexity index is 317. The van der Waals surface area contributed by atoms with Gasteiger partial charge in [-0.2, -0.15) is 0 Å². The highest BCUT2D eigenvalue weighted by Gasteiger charge is 2.26. The van der Waals surface area contributed by atoms with Crippen LogP contribution in [0.2, 0.25) is 0 Å². The summed E-state index contributed by atoms with van der Waals surface area (Å²) in [5.74, 6) is 0.260. The summed E-state index contributed by atoms with van der Waals surface area (Å²) in [6, 6.07) is 0. The number of likely N-dealkylation sites (tertiary alicyclic amines) is 1. The van der Waals surface area contributed by atoms with Crippen molar-refractivity contribution in [1.29, 1.82) is 0 Å². The molecule has 4 nitrogen and oxygen atoms in total. The molecule has 0 aliphatic carbocycles. The summed E-state index contributed by atoms with van der Waals surface area (Å²) in [7, 11) is 0. The number of Topliss-reactive ketones (excluding diaryl/α,β-unsaturated/α-hetero) is 1. The second-order valence-electron chi connectivity index (χ2n) is 6.56. The molecule has 0 spiro atoms. The lowest BCUT2D eigenvalue weighted by atomic mass is 9.85. The van der Waals surface area contributed by atoms with Crippen LogP contribution in [0.1, 0.15) is 53.4 Å². The summed E-state index contributed by atoms with van der Waals surface area (Å²) in [6.45, 7) is 9.64. The molecule has 0 N–H and O–H groups in total. The normalized spacial score (nSPS) is 16.6. The van der Waals surface area contributed by atoms with Gasteiger partial charge in [0.05, 0.1) is 6.61 Å². The van der Waals surface area contributed by atoms with E-state index in [1.54, 1.807) is 4.90 Å². The van der Waals surface area contributed by atoms with Crippen LogP contribution >= 0.6 is 0 Å². The van der Waals surface area contributed by atoms with E-state index in [0.717, 1.165) is 25.9 Å². The standard InChI is InChI=1S/C15H27NO3/c1-12(2)13(17)10-15(3,4)11-19-14(18)16-8-6-5-7-9-16/h12H,5-11H2,1-4H3. The maximum Gasteiger partial charge on any atom is 0.409 e. The zero-order chi connectivity index (χ0) is 14.5. The summed E-state index contributed by atoms with van der Waals surface area (Å²) in [6.07, 6.45) is 3.54. The molecule has 1 fully saturated rings. The second-order valence-corrected chi connectivity index (χ2v) is 6.56. The van der Waals surface area contributed by atoms with Crippen molar-refractivity contribution in [2.45, 2.75) is 53.4 Å². The Balaban J connectivity index is 2.37. The van der Waals surface area contributed by atoms with Crippen molar-refractivity contribution in [3.63, 3.8) is 0 Å². The van der Waals surface area contributed by atoms with E-state index in [2.05, 4.69) is 0 Å². The van der Waals surface area contributed by atoms with E-state index in [1.165, 1.54) is 6.42 Å². The number of hydrogen-bond acceptors (Lipinski definition) is 3. The maximum atomic E-state index is 11.9. The predicted molar refractivity (Wildman–Crippen MR) is 75.0 cm³/mol. The number of ether oxygens (including phenoxy) is 1. The Morgan fingerprint density at radius 1 is 1.16 bits per heavy atom. The van der Waals surface area contributed by atoms with Crippen LogP contribution < -0.4 is 0 Å². The first kappa shape index (κ1) is 16.0. The molecule has 0 radical (unpaired) electrons. The van der Waals surface area contributed by atoms with Gasteiger partial charge in [0.1, 0.15) is 5.78 Å². The van der Waals surface area contributed by atoms with Crippen LogP contribution in [0.3, 0.4) is 0 Å². The molecule has 1 saturated heterocycles. The van der Waals surface area contributed by atoms with Crippen molar-refractivity contribution in [2.75, 3.05) is 19.7 Å². The molecule has 0 unspecified atom stereocenters. The van der Waals surface area contributed by atoms with Crippen LogP contribution in [-0.2, 0) is 9.53 Å². The Morgan fingerprint density at radius 3 is 2.26 bits per heavy atom. The van der Waals surface area contributed by atoms with E-state index in [4.69, 9.17) is 4.74 Å². The number of amides is 1. The number of piperidine rings is 1. The van der Waals surface area contributed by atoms with E-state index in [1.807, 2.05) is 27.7 Å². The van der Waals surface area contributed by atoms with E-state index in [9.17, 15) is 9.59 Å². The first-order valence-corrected chi connectivity index (χ1v) is 7.26. The van der Waals surface area contributed by atoms with Crippen LogP contribution in [0.4, 0.5) is 4.79 Å². The lowest BCUT2D eigenvalue weighted by molar-refractivity contribution is -0.124. The largest absolute Gasteiger partial charge is 0.449 e. The van der Waals surface area contributed by atoms with Gasteiger partial charge >= 0.3 is 6.09 Å². The summed E-state index contributed by atoms with van der Waals surface area (Å²) < 4.78 is 5.36. The van der Waals surface area contributed by atoms with Crippen LogP contribution in [0.25, 0.3) is 0 Å². The molecular formula is C15H27NO3. The van der Waals surface area contributed by atoms with Crippen molar-refractivity contribution in [3.8, 4) is 0 Å². The number of carbonyl (C=O) groups excluding carboxylic acids is 2. The Hall–Kier alpha value is -1.06. The molecule has 0 atom stereocenters. The molecule has 4 heteroatoms. The van der Waals surface area contributed by atoms with Gasteiger partial charge in [-0.05, 0) is 19.3 Å². The Kier molecular flexibility index (Phi) is 5.83. The molecular weight excluding hydrogens is 242 g/mol. The summed E-state index contributed by atoms with van der Waals surface area (Å²) in [4.78, 5) is 25.4. The first-order chi connectivity index (χ1) is 8.82. The summed E-state index contributed by atoms with van der Waals surface area (Å²) in [5, 5.41) is 0. The average Bonchev–Trinajstić information content (AvgIpc) is 2.36. The number of hydrogen-bond donors (Lipinski definition) is 0. The van der Waals surface area contributed by atoms with Gasteiger partial charge in [-0.3, -0.25) is 4.79 Å². The lowest BCUT2D eigenvalue weighted by Gasteiger charge is -2.29. The zero-order valence-corrected chi connectivity index (χ0v) is 12.7. The molecule has 0 bridgehead atoms. The highest BCUT2D eigenvalue weighted by molar-refractivity contribution is 5.80. The topological polar surface area (TPSA) is 46.6 Å². The molecule has 0 aromatic heterocycles. The third-order valence-corrected chi connectivity index (χ3v) is 3.50. The fourth-order valence-electron chi connectivity index (χ4n) is 2.15. The fraction of sp³-hybridized carbons (Fsp3) is 0.867. The molecule has 1 rings (SSSR count). The van der Waals surface area contributed by atoms with Gasteiger partial charge < -0.3 is 9.64 Å². The first-order valence-electron chi connectivity index (χ1n) is 7.26. The van der Waals surface area contributed by atoms with Gasteiger partial charge in [0.15, 0.2) is 0 Å². The monoisotopic (exact) mass is 269 g/mol. The highest BCUT2D eigenvalue weighted by atomic mass is 16.6. The Morgan fingerprint density at radius 2 is 1.74 bits per heavy atom. The molecule has 0 aromatic carbocycles. The van der Waals surface area contributed by atoms with Crippen LogP contribution in [-0.4, -0.2) is 36.5 Å². The van der Waals surface area contributed by atoms with E-state index in [-0.39, 0.29) is 23.2 Å². The van der Waals surface area contributed by atoms with Crippen molar-refractivity contribution in [3.05, 3.63) is 0 Å². The van der Waals surface area contributed by atoms with Gasteiger partial charge in [0.2, 0.25) is 0 Å². The van der Waals surface area contributed by atoms with Crippen molar-refractivity contribution < 1.29 is 14.3 Å². The SMILES string of the molecule is CC(C)C(=O)CC(C)(C)COC(=O)N1CCCCC1. The van der Waals surface area contributed by atoms with Gasteiger partial charge in [-0.1, -0.05) is 27.7 Å². The van der Waals surface area contributed by atoms with Crippen LogP contribution in [0.5, 0.6) is 0 Å². The number of nitrogens with zero attached hydrogens (tertiary/aromatic N) is 1. The quantitative estimate of drug-likeness (QED) is 0.769. The molecule has 1 heterocycles. The van der Waals surface area contributed by atoms with Crippen LogP contribution in [0, 0.1) is 11.3 Å². The highest BCUT2D eigenvalue weighted by Crippen LogP contribution is 2.23. The fourth-order valence-corrected chi connectivity index (χ4v) is 2.15. The summed E-state index contributed by atoms with van der Waals surface area (Å²) in [5.41, 5.74) is -0.285. The van der Waals surface area contributed by atoms with Crippen molar-refractivity contribution in [2.24, 2.45) is 11.3 Å². The van der Waals surface area contributed by atoms with Crippen molar-refractivity contribution in [1.82, 2.24) is 4.90 Å². The maximum absolute atomic E-state index is 11.9. The Labute approximate surface area is 116 Å². The van der Waals surface area contributed by atoms with E-state index >= 15 is 0 Å². The molecule has 19 heavy (non-hydrogen) atoms. The number of ketones is 1. The predicted octanol–water partition coefficient (Wildman–Crippen LogP) is 3.25. The van der Waals surface area contributed by atoms with Crippen molar-refractivity contribution >= 4 is 11.9 Å². The smallest absolute Gasteiger partial charge is 0.409 e. The third-order valence-electron chi connectivity index (χ3n) is 3.50. The summed E-state index contributed by atoms with van der Waals surface area (Å²) >= 11 is 0. The third kappa shape index (κ3) is 5.62. The lowest BCUT2D eigenvalue weighted by Crippen LogP contribution is -2.38.